The number of anilines is 1. The molecule has 31 heavy (non-hydrogen) atoms. The Balaban J connectivity index is 1.41. The summed E-state index contributed by atoms with van der Waals surface area (Å²) >= 11 is 1.43. The second kappa shape index (κ2) is 8.46. The predicted octanol–water partition coefficient (Wildman–Crippen LogP) is 4.13. The number of carbonyl (C=O) groups is 1. The highest BCUT2D eigenvalue weighted by Gasteiger charge is 2.32. The second-order valence-electron chi connectivity index (χ2n) is 8.88. The Morgan fingerprint density at radius 2 is 1.90 bits per heavy atom. The van der Waals surface area contributed by atoms with Gasteiger partial charge in [0, 0.05) is 37.1 Å². The fraction of sp³-hybridized carbons (Fsp3) is 0.458. The summed E-state index contributed by atoms with van der Waals surface area (Å²) in [6, 6.07) is 10.1. The zero-order valence-electron chi connectivity index (χ0n) is 17.8. The molecule has 0 unspecified atom stereocenters. The van der Waals surface area contributed by atoms with E-state index in [0.29, 0.717) is 23.1 Å². The molecule has 1 aromatic carbocycles. The van der Waals surface area contributed by atoms with Gasteiger partial charge in [0.15, 0.2) is 0 Å². The summed E-state index contributed by atoms with van der Waals surface area (Å²) in [5.41, 5.74) is 2.68. The number of hydrogen-bond donors (Lipinski definition) is 1. The minimum Gasteiger partial charge on any atom is -0.342 e. The smallest absolute Gasteiger partial charge is 0.270 e. The number of piperidine rings is 2. The zero-order valence-corrected chi connectivity index (χ0v) is 18.7. The monoisotopic (exact) mass is 436 g/mol. The van der Waals surface area contributed by atoms with E-state index in [9.17, 15) is 9.59 Å². The standard InChI is InChI=1S/C24H28N4O2S/c1-16-9-12-27(13-10-16)23(30)18-8-5-11-28(14-18)24-25-20-19(17-6-3-2-4-7-17)15-31-21(20)22(29)26-24/h2-4,6-7,15-16,18H,5,8-14H2,1H3,(H,25,26,29)/t18-/m1/s1. The van der Waals surface area contributed by atoms with Crippen LogP contribution < -0.4 is 10.5 Å². The molecule has 1 atom stereocenters. The molecule has 5 rings (SSSR count). The number of likely N-dealkylation sites (tertiary alicyclic amines) is 1. The highest BCUT2D eigenvalue weighted by Crippen LogP contribution is 2.32. The molecular weight excluding hydrogens is 408 g/mol. The molecule has 2 aliphatic heterocycles. The van der Waals surface area contributed by atoms with Gasteiger partial charge in [-0.05, 0) is 37.2 Å². The van der Waals surface area contributed by atoms with Crippen molar-refractivity contribution in [3.8, 4) is 11.1 Å². The summed E-state index contributed by atoms with van der Waals surface area (Å²) in [6.07, 6.45) is 4.02. The van der Waals surface area contributed by atoms with E-state index in [1.54, 1.807) is 0 Å². The first kappa shape index (κ1) is 20.2. The van der Waals surface area contributed by atoms with Gasteiger partial charge in [-0.3, -0.25) is 14.6 Å². The van der Waals surface area contributed by atoms with Gasteiger partial charge in [-0.25, -0.2) is 4.98 Å². The van der Waals surface area contributed by atoms with E-state index in [1.165, 1.54) is 11.3 Å². The van der Waals surface area contributed by atoms with Crippen LogP contribution in [0.25, 0.3) is 21.3 Å². The summed E-state index contributed by atoms with van der Waals surface area (Å²) in [5.74, 6) is 1.52. The summed E-state index contributed by atoms with van der Waals surface area (Å²) in [6.45, 7) is 5.42. The second-order valence-corrected chi connectivity index (χ2v) is 9.76. The number of nitrogens with zero attached hydrogens (tertiary/aromatic N) is 3. The lowest BCUT2D eigenvalue weighted by Gasteiger charge is -2.37. The largest absolute Gasteiger partial charge is 0.342 e. The van der Waals surface area contributed by atoms with Crippen molar-refractivity contribution in [2.75, 3.05) is 31.1 Å². The molecule has 0 saturated carbocycles. The van der Waals surface area contributed by atoms with Gasteiger partial charge in [-0.2, -0.15) is 0 Å². The van der Waals surface area contributed by atoms with Crippen LogP contribution in [0.2, 0.25) is 0 Å². The lowest BCUT2D eigenvalue weighted by molar-refractivity contribution is -0.137. The maximum absolute atomic E-state index is 13.1. The number of fused-ring (bicyclic) bond motifs is 1. The number of amides is 1. The van der Waals surface area contributed by atoms with E-state index in [0.717, 1.165) is 62.0 Å². The van der Waals surface area contributed by atoms with E-state index < -0.39 is 0 Å². The Bertz CT molecular complexity index is 1130. The first-order valence-corrected chi connectivity index (χ1v) is 12.1. The van der Waals surface area contributed by atoms with Crippen LogP contribution in [0.4, 0.5) is 5.95 Å². The van der Waals surface area contributed by atoms with Crippen LogP contribution in [0, 0.1) is 11.8 Å². The molecule has 0 aliphatic carbocycles. The number of aromatic nitrogens is 2. The number of benzene rings is 1. The van der Waals surface area contributed by atoms with E-state index >= 15 is 0 Å². The van der Waals surface area contributed by atoms with E-state index in [4.69, 9.17) is 4.98 Å². The summed E-state index contributed by atoms with van der Waals surface area (Å²) in [5, 5.41) is 2.01. The molecule has 2 fully saturated rings. The van der Waals surface area contributed by atoms with Crippen molar-refractivity contribution < 1.29 is 4.79 Å². The average Bonchev–Trinajstić information content (AvgIpc) is 3.24. The van der Waals surface area contributed by atoms with Gasteiger partial charge in [-0.15, -0.1) is 11.3 Å². The third kappa shape index (κ3) is 3.99. The molecule has 0 radical (unpaired) electrons. The number of nitrogens with one attached hydrogen (secondary N) is 1. The van der Waals surface area contributed by atoms with Gasteiger partial charge in [0.2, 0.25) is 11.9 Å². The molecule has 7 heteroatoms. The highest BCUT2D eigenvalue weighted by atomic mass is 32.1. The maximum Gasteiger partial charge on any atom is 0.270 e. The first-order chi connectivity index (χ1) is 15.1. The van der Waals surface area contributed by atoms with Crippen molar-refractivity contribution in [1.29, 1.82) is 0 Å². The lowest BCUT2D eigenvalue weighted by atomic mass is 9.93. The van der Waals surface area contributed by atoms with Gasteiger partial charge in [0.1, 0.15) is 4.70 Å². The van der Waals surface area contributed by atoms with Gasteiger partial charge in [-0.1, -0.05) is 37.3 Å². The van der Waals surface area contributed by atoms with Crippen LogP contribution in [0.15, 0.2) is 40.5 Å². The highest BCUT2D eigenvalue weighted by molar-refractivity contribution is 7.17. The van der Waals surface area contributed by atoms with Gasteiger partial charge in [0.25, 0.3) is 5.56 Å². The maximum atomic E-state index is 13.1. The van der Waals surface area contributed by atoms with Crippen molar-refractivity contribution >= 4 is 33.4 Å². The van der Waals surface area contributed by atoms with Crippen LogP contribution in [-0.4, -0.2) is 47.0 Å². The Kier molecular flexibility index (Phi) is 5.52. The van der Waals surface area contributed by atoms with Crippen molar-refractivity contribution in [1.82, 2.24) is 14.9 Å². The fourth-order valence-electron chi connectivity index (χ4n) is 4.75. The SMILES string of the molecule is CC1CCN(C(=O)[C@@H]2CCCN(c3nc4c(-c5ccccc5)csc4c(=O)[nH]3)C2)CC1. The third-order valence-electron chi connectivity index (χ3n) is 6.66. The number of aromatic amines is 1. The molecule has 2 aromatic heterocycles. The van der Waals surface area contributed by atoms with E-state index in [-0.39, 0.29) is 17.4 Å². The first-order valence-electron chi connectivity index (χ1n) is 11.2. The molecule has 162 valence electrons. The van der Waals surface area contributed by atoms with Crippen LogP contribution >= 0.6 is 11.3 Å². The summed E-state index contributed by atoms with van der Waals surface area (Å²) < 4.78 is 0.648. The Labute approximate surface area is 185 Å². The molecule has 0 spiro atoms. The van der Waals surface area contributed by atoms with Gasteiger partial charge in [0.05, 0.1) is 11.4 Å². The molecular formula is C24H28N4O2S. The van der Waals surface area contributed by atoms with Crippen LogP contribution in [0.5, 0.6) is 0 Å². The predicted molar refractivity (Wildman–Crippen MR) is 126 cm³/mol. The average molecular weight is 437 g/mol. The minimum absolute atomic E-state index is 0.0285. The fourth-order valence-corrected chi connectivity index (χ4v) is 5.66. The molecule has 0 bridgehead atoms. The van der Waals surface area contributed by atoms with Crippen LogP contribution in [0.3, 0.4) is 0 Å². The van der Waals surface area contributed by atoms with Crippen molar-refractivity contribution in [2.45, 2.75) is 32.6 Å². The molecule has 4 heterocycles. The number of carbonyl (C=O) groups excluding carboxylic acids is 1. The van der Waals surface area contributed by atoms with Crippen molar-refractivity contribution in [3.05, 3.63) is 46.1 Å². The van der Waals surface area contributed by atoms with Crippen LogP contribution in [-0.2, 0) is 4.79 Å². The topological polar surface area (TPSA) is 69.3 Å². The normalized spacial score (nSPS) is 20.4. The molecule has 1 N–H and O–H groups in total. The molecule has 3 aromatic rings. The quantitative estimate of drug-likeness (QED) is 0.670. The van der Waals surface area contributed by atoms with Crippen molar-refractivity contribution in [2.24, 2.45) is 11.8 Å². The Morgan fingerprint density at radius 3 is 2.68 bits per heavy atom. The minimum atomic E-state index is -0.106. The molecule has 1 amide bonds. The zero-order chi connectivity index (χ0) is 21.4. The molecule has 2 saturated heterocycles. The van der Waals surface area contributed by atoms with Gasteiger partial charge >= 0.3 is 0 Å². The third-order valence-corrected chi connectivity index (χ3v) is 7.63. The van der Waals surface area contributed by atoms with E-state index in [1.807, 2.05) is 40.6 Å². The lowest BCUT2D eigenvalue weighted by Crippen LogP contribution is -2.47. The van der Waals surface area contributed by atoms with Gasteiger partial charge < -0.3 is 9.80 Å². The van der Waals surface area contributed by atoms with Crippen molar-refractivity contribution in [3.63, 3.8) is 0 Å². The molecule has 2 aliphatic rings. The summed E-state index contributed by atoms with van der Waals surface area (Å²) in [7, 11) is 0. The number of hydrogen-bond acceptors (Lipinski definition) is 5. The summed E-state index contributed by atoms with van der Waals surface area (Å²) in [4.78, 5) is 37.9. The Morgan fingerprint density at radius 1 is 1.13 bits per heavy atom. The number of rotatable bonds is 3. The number of H-pyrrole nitrogens is 1. The van der Waals surface area contributed by atoms with E-state index in [2.05, 4.69) is 16.8 Å². The molecule has 6 nitrogen and oxygen atoms in total. The Hall–Kier alpha value is -2.67. The van der Waals surface area contributed by atoms with Crippen LogP contribution in [0.1, 0.15) is 32.6 Å². The number of thiophene rings is 1.